The molecule has 0 aromatic heterocycles. The zero-order chi connectivity index (χ0) is 15.5. The molecular weight excluding hydrogens is 272 g/mol. The first-order valence-electron chi connectivity index (χ1n) is 6.45. The minimum Gasteiger partial charge on any atom is -0.455 e. The summed E-state index contributed by atoms with van der Waals surface area (Å²) in [7, 11) is 0. The summed E-state index contributed by atoms with van der Waals surface area (Å²) in [5, 5.41) is 27.7. The van der Waals surface area contributed by atoms with Crippen LogP contribution in [0.15, 0.2) is 0 Å². The van der Waals surface area contributed by atoms with Gasteiger partial charge >= 0.3 is 5.97 Å². The van der Waals surface area contributed by atoms with Crippen LogP contribution in [0, 0.1) is 0 Å². The molecule has 0 aliphatic heterocycles. The molecule has 0 radical (unpaired) electrons. The molecule has 0 heterocycles. The number of aliphatic hydroxyl groups is 3. The third-order valence-corrected chi connectivity index (χ3v) is 2.23. The summed E-state index contributed by atoms with van der Waals surface area (Å²) in [5.41, 5.74) is 0. The summed E-state index contributed by atoms with van der Waals surface area (Å²) in [4.78, 5) is 11.0. The molecule has 4 atom stereocenters. The van der Waals surface area contributed by atoms with Gasteiger partial charge in [-0.25, -0.2) is 0 Å². The monoisotopic (exact) mass is 296 g/mol. The third kappa shape index (κ3) is 7.13. The summed E-state index contributed by atoms with van der Waals surface area (Å²) >= 11 is 0. The van der Waals surface area contributed by atoms with Gasteiger partial charge in [0.25, 0.3) is 0 Å². The van der Waals surface area contributed by atoms with Crippen LogP contribution < -0.4 is 0 Å². The highest BCUT2D eigenvalue weighted by Crippen LogP contribution is 2.13. The molecule has 0 aromatic rings. The Balaban J connectivity index is 4.80. The quantitative estimate of drug-likeness (QED) is 0.329. The number of ether oxygens (including phenoxy) is 4. The van der Waals surface area contributed by atoms with Crippen LogP contribution in [0.1, 0.15) is 20.8 Å². The van der Waals surface area contributed by atoms with Crippen LogP contribution in [0.25, 0.3) is 0 Å². The van der Waals surface area contributed by atoms with Gasteiger partial charge in [0.05, 0.1) is 13.2 Å². The van der Waals surface area contributed by atoms with Crippen molar-refractivity contribution in [2.75, 3.05) is 26.4 Å². The van der Waals surface area contributed by atoms with Crippen LogP contribution in [0.3, 0.4) is 0 Å². The van der Waals surface area contributed by atoms with E-state index in [0.29, 0.717) is 0 Å². The number of carbonyl (C=O) groups is 1. The second-order valence-corrected chi connectivity index (χ2v) is 3.86. The molecule has 8 heteroatoms. The van der Waals surface area contributed by atoms with Gasteiger partial charge in [0.15, 0.2) is 18.7 Å². The molecule has 0 bridgehead atoms. The summed E-state index contributed by atoms with van der Waals surface area (Å²) in [6.07, 6.45) is -4.62. The average molecular weight is 296 g/mol. The van der Waals surface area contributed by atoms with E-state index in [9.17, 15) is 15.0 Å². The molecule has 120 valence electrons. The Kier molecular flexibility index (Phi) is 10.5. The zero-order valence-electron chi connectivity index (χ0n) is 12.0. The first-order valence-corrected chi connectivity index (χ1v) is 6.45. The lowest BCUT2D eigenvalue weighted by atomic mass is 10.3. The molecule has 0 aromatic carbocycles. The predicted molar refractivity (Wildman–Crippen MR) is 67.6 cm³/mol. The van der Waals surface area contributed by atoms with Crippen LogP contribution in [0.4, 0.5) is 0 Å². The Morgan fingerprint density at radius 3 is 2.00 bits per heavy atom. The van der Waals surface area contributed by atoms with Crippen LogP contribution in [-0.2, 0) is 23.7 Å². The van der Waals surface area contributed by atoms with Gasteiger partial charge in [0.2, 0.25) is 0 Å². The van der Waals surface area contributed by atoms with Crippen molar-refractivity contribution in [3.8, 4) is 0 Å². The second kappa shape index (κ2) is 11.0. The Hall–Kier alpha value is -0.770. The van der Waals surface area contributed by atoms with E-state index in [4.69, 9.17) is 24.1 Å². The zero-order valence-corrected chi connectivity index (χ0v) is 12.0. The number of esters is 1. The van der Waals surface area contributed by atoms with E-state index in [-0.39, 0.29) is 13.2 Å². The summed E-state index contributed by atoms with van der Waals surface area (Å²) in [6, 6.07) is 0. The standard InChI is InChI=1S/C12H24O8/c1-4-17-11(9(16)6-13)20-12(18-5-2)10(7-14)19-8(3)15/h9-14,16H,4-7H2,1-3H3. The molecule has 0 fully saturated rings. The smallest absolute Gasteiger partial charge is 0.303 e. The van der Waals surface area contributed by atoms with Crippen molar-refractivity contribution in [2.45, 2.75) is 45.6 Å². The molecule has 0 aliphatic carbocycles. The van der Waals surface area contributed by atoms with Gasteiger partial charge in [-0.2, -0.15) is 0 Å². The van der Waals surface area contributed by atoms with E-state index in [0.717, 1.165) is 0 Å². The minimum atomic E-state index is -1.28. The van der Waals surface area contributed by atoms with Crippen molar-refractivity contribution in [3.05, 3.63) is 0 Å². The second-order valence-electron chi connectivity index (χ2n) is 3.86. The molecule has 8 nitrogen and oxygen atoms in total. The van der Waals surface area contributed by atoms with E-state index >= 15 is 0 Å². The average Bonchev–Trinajstić information content (AvgIpc) is 2.42. The maximum Gasteiger partial charge on any atom is 0.303 e. The molecule has 0 aliphatic rings. The fourth-order valence-corrected chi connectivity index (χ4v) is 1.41. The van der Waals surface area contributed by atoms with Crippen LogP contribution in [0.5, 0.6) is 0 Å². The lowest BCUT2D eigenvalue weighted by Gasteiger charge is -2.30. The van der Waals surface area contributed by atoms with Gasteiger partial charge in [-0.1, -0.05) is 0 Å². The first kappa shape index (κ1) is 19.2. The van der Waals surface area contributed by atoms with E-state index in [1.165, 1.54) is 6.92 Å². The fraction of sp³-hybridized carbons (Fsp3) is 0.917. The highest BCUT2D eigenvalue weighted by atomic mass is 16.8. The van der Waals surface area contributed by atoms with Gasteiger partial charge in [0, 0.05) is 20.1 Å². The summed E-state index contributed by atoms with van der Waals surface area (Å²) in [6.45, 7) is 3.95. The van der Waals surface area contributed by atoms with E-state index < -0.39 is 44.0 Å². The van der Waals surface area contributed by atoms with E-state index in [2.05, 4.69) is 0 Å². The van der Waals surface area contributed by atoms with Crippen LogP contribution in [0.2, 0.25) is 0 Å². The molecule has 20 heavy (non-hydrogen) atoms. The van der Waals surface area contributed by atoms with Gasteiger partial charge in [-0.15, -0.1) is 0 Å². The highest BCUT2D eigenvalue weighted by Gasteiger charge is 2.31. The van der Waals surface area contributed by atoms with Crippen molar-refractivity contribution in [1.82, 2.24) is 0 Å². The lowest BCUT2D eigenvalue weighted by molar-refractivity contribution is -0.299. The van der Waals surface area contributed by atoms with Gasteiger partial charge in [-0.3, -0.25) is 4.79 Å². The Morgan fingerprint density at radius 1 is 1.05 bits per heavy atom. The van der Waals surface area contributed by atoms with Gasteiger partial charge in [-0.05, 0) is 13.8 Å². The van der Waals surface area contributed by atoms with Crippen LogP contribution >= 0.6 is 0 Å². The SMILES string of the molecule is CCOC(OC(OCC)C(CO)OC(C)=O)C(O)CO. The number of hydrogen-bond acceptors (Lipinski definition) is 8. The third-order valence-electron chi connectivity index (χ3n) is 2.23. The Labute approximate surface area is 118 Å². The fourth-order valence-electron chi connectivity index (χ4n) is 1.41. The highest BCUT2D eigenvalue weighted by molar-refractivity contribution is 5.66. The normalized spacial score (nSPS) is 17.3. The number of aliphatic hydroxyl groups excluding tert-OH is 3. The first-order chi connectivity index (χ1) is 9.49. The minimum absolute atomic E-state index is 0.233. The molecular formula is C12H24O8. The molecule has 4 unspecified atom stereocenters. The maximum absolute atomic E-state index is 11.0. The van der Waals surface area contributed by atoms with Crippen LogP contribution in [-0.4, -0.2) is 72.5 Å². The molecule has 0 spiro atoms. The number of carbonyl (C=O) groups excluding carboxylic acids is 1. The molecule has 0 amide bonds. The summed E-state index contributed by atoms with van der Waals surface area (Å²) < 4.78 is 20.6. The topological polar surface area (TPSA) is 115 Å². The number of rotatable bonds is 11. The van der Waals surface area contributed by atoms with Gasteiger partial charge < -0.3 is 34.3 Å². The van der Waals surface area contributed by atoms with Crippen molar-refractivity contribution < 1.29 is 39.1 Å². The molecule has 0 saturated carbocycles. The van der Waals surface area contributed by atoms with Gasteiger partial charge in [0.1, 0.15) is 6.10 Å². The molecule has 3 N–H and O–H groups in total. The Bertz CT molecular complexity index is 260. The van der Waals surface area contributed by atoms with Crippen molar-refractivity contribution in [1.29, 1.82) is 0 Å². The maximum atomic E-state index is 11.0. The Morgan fingerprint density at radius 2 is 1.60 bits per heavy atom. The lowest BCUT2D eigenvalue weighted by Crippen LogP contribution is -2.45. The van der Waals surface area contributed by atoms with Crippen molar-refractivity contribution in [2.24, 2.45) is 0 Å². The van der Waals surface area contributed by atoms with E-state index in [1.807, 2.05) is 0 Å². The van der Waals surface area contributed by atoms with Crippen molar-refractivity contribution >= 4 is 5.97 Å². The van der Waals surface area contributed by atoms with Crippen molar-refractivity contribution in [3.63, 3.8) is 0 Å². The molecule has 0 saturated heterocycles. The predicted octanol–water partition coefficient (Wildman–Crippen LogP) is -0.995. The molecule has 0 rings (SSSR count). The van der Waals surface area contributed by atoms with E-state index in [1.54, 1.807) is 13.8 Å². The largest absolute Gasteiger partial charge is 0.455 e. The number of hydrogen-bond donors (Lipinski definition) is 3. The summed E-state index contributed by atoms with van der Waals surface area (Å²) in [5.74, 6) is -0.604.